The van der Waals surface area contributed by atoms with Crippen molar-refractivity contribution in [2.75, 3.05) is 26.3 Å². The monoisotopic (exact) mass is 279 g/mol. The van der Waals surface area contributed by atoms with Crippen molar-refractivity contribution in [3.8, 4) is 0 Å². The molecule has 0 saturated carbocycles. The van der Waals surface area contributed by atoms with E-state index in [0.29, 0.717) is 13.2 Å². The van der Waals surface area contributed by atoms with Gasteiger partial charge in [-0.1, -0.05) is 12.8 Å². The highest BCUT2D eigenvalue weighted by molar-refractivity contribution is 7.14. The van der Waals surface area contributed by atoms with Gasteiger partial charge in [-0.25, -0.2) is 0 Å². The van der Waals surface area contributed by atoms with E-state index in [2.05, 4.69) is 6.07 Å². The van der Waals surface area contributed by atoms with Crippen LogP contribution in [0.5, 0.6) is 0 Å². The van der Waals surface area contributed by atoms with Crippen LogP contribution < -0.4 is 0 Å². The number of aryl methyl sites for hydroxylation is 2. The Kier molecular flexibility index (Phi) is 4.18. The van der Waals surface area contributed by atoms with E-state index in [4.69, 9.17) is 4.74 Å². The highest BCUT2D eigenvalue weighted by atomic mass is 32.1. The minimum absolute atomic E-state index is 0.208. The van der Waals surface area contributed by atoms with Crippen LogP contribution in [0.25, 0.3) is 0 Å². The van der Waals surface area contributed by atoms with Gasteiger partial charge in [-0.05, 0) is 37.3 Å². The van der Waals surface area contributed by atoms with Crippen LogP contribution in [0.1, 0.15) is 45.8 Å². The molecule has 1 aromatic heterocycles. The lowest BCUT2D eigenvalue weighted by atomic mass is 10.00. The average molecular weight is 279 g/mol. The molecule has 2 heterocycles. The number of ether oxygens (including phenoxy) is 1. The van der Waals surface area contributed by atoms with E-state index in [1.54, 1.807) is 11.3 Å². The lowest BCUT2D eigenvalue weighted by Gasteiger charge is -2.26. The smallest absolute Gasteiger partial charge is 0.264 e. The molecule has 1 saturated heterocycles. The van der Waals surface area contributed by atoms with Crippen LogP contribution in [0.4, 0.5) is 0 Å². The van der Waals surface area contributed by atoms with E-state index in [1.807, 2.05) is 4.90 Å². The molecule has 1 amide bonds. The number of hydrogen-bond donors (Lipinski definition) is 0. The average Bonchev–Trinajstić information content (AvgIpc) is 2.81. The Balaban J connectivity index is 1.76. The van der Waals surface area contributed by atoms with Crippen molar-refractivity contribution in [1.29, 1.82) is 0 Å². The molecule has 1 aliphatic carbocycles. The molecule has 0 N–H and O–H groups in total. The Morgan fingerprint density at radius 2 is 1.84 bits per heavy atom. The summed E-state index contributed by atoms with van der Waals surface area (Å²) in [5.41, 5.74) is 1.43. The summed E-state index contributed by atoms with van der Waals surface area (Å²) in [5, 5.41) is 0. The van der Waals surface area contributed by atoms with Crippen LogP contribution in [0, 0.1) is 0 Å². The zero-order chi connectivity index (χ0) is 13.1. The number of amides is 1. The molecule has 0 bridgehead atoms. The second-order valence-corrected chi connectivity index (χ2v) is 6.51. The molecular weight excluding hydrogens is 258 g/mol. The number of carbonyl (C=O) groups is 1. The summed E-state index contributed by atoms with van der Waals surface area (Å²) >= 11 is 1.73. The summed E-state index contributed by atoms with van der Waals surface area (Å²) in [6.07, 6.45) is 7.54. The van der Waals surface area contributed by atoms with E-state index in [9.17, 15) is 4.79 Å². The van der Waals surface area contributed by atoms with Gasteiger partial charge >= 0.3 is 0 Å². The fourth-order valence-corrected chi connectivity index (χ4v) is 4.09. The molecule has 0 aromatic carbocycles. The van der Waals surface area contributed by atoms with Gasteiger partial charge in [-0.3, -0.25) is 4.79 Å². The van der Waals surface area contributed by atoms with Gasteiger partial charge in [0.2, 0.25) is 0 Å². The summed E-state index contributed by atoms with van der Waals surface area (Å²) < 4.78 is 5.31. The summed E-state index contributed by atoms with van der Waals surface area (Å²) in [6.45, 7) is 2.83. The molecule has 3 rings (SSSR count). The van der Waals surface area contributed by atoms with Gasteiger partial charge in [0.15, 0.2) is 0 Å². The minimum atomic E-state index is 0.208. The number of carbonyl (C=O) groups excluding carboxylic acids is 1. The number of rotatable bonds is 1. The maximum atomic E-state index is 12.5. The normalized spacial score (nSPS) is 20.5. The first-order chi connectivity index (χ1) is 9.34. The quantitative estimate of drug-likeness (QED) is 0.791. The summed E-state index contributed by atoms with van der Waals surface area (Å²) in [5.74, 6) is 0.208. The van der Waals surface area contributed by atoms with Crippen LogP contribution >= 0.6 is 11.3 Å². The van der Waals surface area contributed by atoms with Crippen molar-refractivity contribution in [2.45, 2.75) is 38.5 Å². The fourth-order valence-electron chi connectivity index (χ4n) is 2.87. The SMILES string of the molecule is O=C(c1cc2c(s1)CCCCCC2)N1CCOCC1. The summed E-state index contributed by atoms with van der Waals surface area (Å²) in [6, 6.07) is 2.16. The predicted octanol–water partition coefficient (Wildman–Crippen LogP) is 2.88. The molecule has 2 aliphatic rings. The van der Waals surface area contributed by atoms with Crippen LogP contribution in [0.15, 0.2) is 6.07 Å². The minimum Gasteiger partial charge on any atom is -0.378 e. The maximum absolute atomic E-state index is 12.5. The van der Waals surface area contributed by atoms with Gasteiger partial charge in [0.1, 0.15) is 0 Å². The maximum Gasteiger partial charge on any atom is 0.264 e. The van der Waals surface area contributed by atoms with Crippen molar-refractivity contribution in [3.05, 3.63) is 21.4 Å². The fraction of sp³-hybridized carbons (Fsp3) is 0.667. The van der Waals surface area contributed by atoms with E-state index < -0.39 is 0 Å². The van der Waals surface area contributed by atoms with Crippen LogP contribution in [0.3, 0.4) is 0 Å². The topological polar surface area (TPSA) is 29.5 Å². The third kappa shape index (κ3) is 3.00. The highest BCUT2D eigenvalue weighted by Crippen LogP contribution is 2.29. The third-order valence-electron chi connectivity index (χ3n) is 4.01. The molecule has 0 spiro atoms. The van der Waals surface area contributed by atoms with Crippen LogP contribution in [0.2, 0.25) is 0 Å². The number of morpholine rings is 1. The highest BCUT2D eigenvalue weighted by Gasteiger charge is 2.22. The molecule has 19 heavy (non-hydrogen) atoms. The molecule has 1 aromatic rings. The van der Waals surface area contributed by atoms with Gasteiger partial charge in [0.05, 0.1) is 18.1 Å². The van der Waals surface area contributed by atoms with Crippen molar-refractivity contribution < 1.29 is 9.53 Å². The molecular formula is C15H21NO2S. The number of nitrogens with zero attached hydrogens (tertiary/aromatic N) is 1. The number of hydrogen-bond acceptors (Lipinski definition) is 3. The first-order valence-corrected chi connectivity index (χ1v) is 8.15. The molecule has 0 atom stereocenters. The van der Waals surface area contributed by atoms with Crippen LogP contribution in [-0.4, -0.2) is 37.1 Å². The van der Waals surface area contributed by atoms with Crippen LogP contribution in [-0.2, 0) is 17.6 Å². The van der Waals surface area contributed by atoms with Gasteiger partial charge in [-0.2, -0.15) is 0 Å². The van der Waals surface area contributed by atoms with Crippen molar-refractivity contribution in [1.82, 2.24) is 4.90 Å². The van der Waals surface area contributed by atoms with E-state index in [-0.39, 0.29) is 5.91 Å². The zero-order valence-corrected chi connectivity index (χ0v) is 12.1. The second-order valence-electron chi connectivity index (χ2n) is 5.38. The summed E-state index contributed by atoms with van der Waals surface area (Å²) in [7, 11) is 0. The van der Waals surface area contributed by atoms with Crippen molar-refractivity contribution >= 4 is 17.2 Å². The standard InChI is InChI=1S/C15H21NO2S/c17-15(16-7-9-18-10-8-16)14-11-12-5-3-1-2-4-6-13(12)19-14/h11H,1-10H2. The third-order valence-corrected chi connectivity index (χ3v) is 5.23. The molecule has 0 unspecified atom stereocenters. The van der Waals surface area contributed by atoms with Gasteiger partial charge in [0, 0.05) is 18.0 Å². The first-order valence-electron chi connectivity index (χ1n) is 7.33. The number of thiophene rings is 1. The van der Waals surface area contributed by atoms with Gasteiger partial charge in [0.25, 0.3) is 5.91 Å². The van der Waals surface area contributed by atoms with Crippen molar-refractivity contribution in [2.24, 2.45) is 0 Å². The first kappa shape index (κ1) is 13.1. The Hall–Kier alpha value is -0.870. The summed E-state index contributed by atoms with van der Waals surface area (Å²) in [4.78, 5) is 16.8. The second kappa shape index (κ2) is 6.06. The number of fused-ring (bicyclic) bond motifs is 1. The molecule has 3 nitrogen and oxygen atoms in total. The lowest BCUT2D eigenvalue weighted by Crippen LogP contribution is -2.40. The molecule has 1 fully saturated rings. The van der Waals surface area contributed by atoms with Crippen molar-refractivity contribution in [3.63, 3.8) is 0 Å². The van der Waals surface area contributed by atoms with E-state index in [0.717, 1.165) is 30.8 Å². The molecule has 4 heteroatoms. The van der Waals surface area contributed by atoms with E-state index >= 15 is 0 Å². The van der Waals surface area contributed by atoms with Gasteiger partial charge < -0.3 is 9.64 Å². The van der Waals surface area contributed by atoms with E-state index in [1.165, 1.54) is 36.1 Å². The molecule has 0 radical (unpaired) electrons. The lowest BCUT2D eigenvalue weighted by molar-refractivity contribution is 0.0306. The Morgan fingerprint density at radius 1 is 1.11 bits per heavy atom. The Morgan fingerprint density at radius 3 is 2.63 bits per heavy atom. The van der Waals surface area contributed by atoms with Gasteiger partial charge in [-0.15, -0.1) is 11.3 Å². The molecule has 1 aliphatic heterocycles. The molecule has 104 valence electrons. The zero-order valence-electron chi connectivity index (χ0n) is 11.3. The predicted molar refractivity (Wildman–Crippen MR) is 76.9 cm³/mol. The largest absolute Gasteiger partial charge is 0.378 e. The Labute approximate surface area is 118 Å². The Bertz CT molecular complexity index is 423.